The lowest BCUT2D eigenvalue weighted by Crippen LogP contribution is -2.58. The van der Waals surface area contributed by atoms with Crippen LogP contribution in [0.25, 0.3) is 0 Å². The van der Waals surface area contributed by atoms with Crippen molar-refractivity contribution in [3.05, 3.63) is 41.4 Å². The van der Waals surface area contributed by atoms with Crippen LogP contribution < -0.4 is 10.6 Å². The molecule has 8 nitrogen and oxygen atoms in total. The van der Waals surface area contributed by atoms with Gasteiger partial charge in [0.25, 0.3) is 0 Å². The lowest BCUT2D eigenvalue weighted by Gasteiger charge is -2.38. The van der Waals surface area contributed by atoms with E-state index in [9.17, 15) is 14.4 Å². The van der Waals surface area contributed by atoms with Gasteiger partial charge in [-0.15, -0.1) is 0 Å². The van der Waals surface area contributed by atoms with E-state index in [0.717, 1.165) is 32.1 Å². The summed E-state index contributed by atoms with van der Waals surface area (Å²) in [6.07, 6.45) is 7.91. The maximum Gasteiger partial charge on any atom is 0.246 e. The van der Waals surface area contributed by atoms with Crippen molar-refractivity contribution in [2.24, 2.45) is 23.7 Å². The summed E-state index contributed by atoms with van der Waals surface area (Å²) in [5.41, 5.74) is -0.621. The van der Waals surface area contributed by atoms with Crippen molar-refractivity contribution >= 4 is 35.0 Å². The predicted molar refractivity (Wildman–Crippen MR) is 142 cm³/mol. The van der Waals surface area contributed by atoms with Gasteiger partial charge in [0.05, 0.1) is 24.0 Å². The fraction of sp³-hybridized carbons (Fsp3) is 0.621. The van der Waals surface area contributed by atoms with Crippen molar-refractivity contribution in [2.75, 3.05) is 18.5 Å². The molecule has 2 N–H and O–H groups in total. The van der Waals surface area contributed by atoms with E-state index < -0.39 is 29.6 Å². The number of hydrogen-bond acceptors (Lipinski definition) is 5. The van der Waals surface area contributed by atoms with Crippen LogP contribution in [0.4, 0.5) is 5.69 Å². The van der Waals surface area contributed by atoms with Crippen molar-refractivity contribution in [1.29, 1.82) is 0 Å². The third-order valence-electron chi connectivity index (χ3n) is 9.48. The second-order valence-electron chi connectivity index (χ2n) is 11.7. The third-order valence-corrected chi connectivity index (χ3v) is 9.71. The molecule has 3 amide bonds. The first-order valence-corrected chi connectivity index (χ1v) is 14.3. The van der Waals surface area contributed by atoms with Crippen LogP contribution in [0.2, 0.25) is 5.02 Å². The molecule has 3 saturated heterocycles. The molecule has 0 radical (unpaired) electrons. The molecule has 1 aliphatic carbocycles. The van der Waals surface area contributed by atoms with Crippen LogP contribution >= 0.6 is 11.6 Å². The molecular weight excluding hydrogens is 506 g/mol. The number of nitrogens with zero attached hydrogens (tertiary/aromatic N) is 1. The van der Waals surface area contributed by atoms with E-state index in [1.54, 1.807) is 29.2 Å². The quantitative estimate of drug-likeness (QED) is 0.537. The summed E-state index contributed by atoms with van der Waals surface area (Å²) < 4.78 is 12.3. The fourth-order valence-electron chi connectivity index (χ4n) is 7.31. The number of amides is 3. The Bertz CT molecular complexity index is 1150. The van der Waals surface area contributed by atoms with Crippen molar-refractivity contribution in [3.8, 4) is 0 Å². The Labute approximate surface area is 228 Å². The number of carbonyl (C=O) groups excluding carboxylic acids is 3. The Morgan fingerprint density at radius 1 is 1.16 bits per heavy atom. The molecule has 4 heterocycles. The van der Waals surface area contributed by atoms with E-state index >= 15 is 0 Å². The van der Waals surface area contributed by atoms with Gasteiger partial charge in [-0.3, -0.25) is 14.4 Å². The Hall–Kier alpha value is -2.42. The second-order valence-corrected chi connectivity index (χ2v) is 12.1. The molecule has 9 atom stereocenters. The summed E-state index contributed by atoms with van der Waals surface area (Å²) in [7, 11) is 0. The highest BCUT2D eigenvalue weighted by atomic mass is 35.5. The normalized spacial score (nSPS) is 39.4. The Morgan fingerprint density at radius 2 is 2.00 bits per heavy atom. The molecule has 0 aromatic heterocycles. The molecule has 38 heavy (non-hydrogen) atoms. The average Bonchev–Trinajstić information content (AvgIpc) is 3.65. The van der Waals surface area contributed by atoms with E-state index in [4.69, 9.17) is 21.1 Å². The van der Waals surface area contributed by atoms with E-state index in [0.29, 0.717) is 35.7 Å². The smallest absolute Gasteiger partial charge is 0.246 e. The van der Waals surface area contributed by atoms with Crippen molar-refractivity contribution in [2.45, 2.75) is 75.8 Å². The number of nitrogens with one attached hydrogen (secondary N) is 2. The number of halogens is 1. The minimum Gasteiger partial charge on any atom is -0.376 e. The van der Waals surface area contributed by atoms with Crippen molar-refractivity contribution in [1.82, 2.24) is 10.2 Å². The molecule has 4 aliphatic heterocycles. The molecule has 1 saturated carbocycles. The van der Waals surface area contributed by atoms with Gasteiger partial charge in [-0.2, -0.15) is 0 Å². The fourth-order valence-corrected chi connectivity index (χ4v) is 7.50. The van der Waals surface area contributed by atoms with Crippen LogP contribution in [0.3, 0.4) is 0 Å². The first-order valence-electron chi connectivity index (χ1n) is 13.9. The monoisotopic (exact) mass is 541 g/mol. The minimum absolute atomic E-state index is 0.0471. The summed E-state index contributed by atoms with van der Waals surface area (Å²) in [5, 5.41) is 6.71. The largest absolute Gasteiger partial charge is 0.376 e. The predicted octanol–water partition coefficient (Wildman–Crippen LogP) is 3.55. The van der Waals surface area contributed by atoms with Gasteiger partial charge in [0.1, 0.15) is 11.6 Å². The van der Waals surface area contributed by atoms with Gasteiger partial charge in [0, 0.05) is 29.9 Å². The average molecular weight is 542 g/mol. The van der Waals surface area contributed by atoms with Gasteiger partial charge >= 0.3 is 0 Å². The molecule has 2 bridgehead atoms. The topological polar surface area (TPSA) is 97.0 Å². The molecule has 6 rings (SSSR count). The number of likely N-dealkylation sites (tertiary alicyclic amines) is 1. The summed E-state index contributed by atoms with van der Waals surface area (Å²) in [6.45, 7) is 5.39. The van der Waals surface area contributed by atoms with Gasteiger partial charge in [-0.25, -0.2) is 0 Å². The van der Waals surface area contributed by atoms with Crippen LogP contribution in [0.15, 0.2) is 36.4 Å². The molecular formula is C29H36ClN3O5. The number of hydrogen-bond donors (Lipinski definition) is 2. The SMILES string of the molecule is C[C@@H]1[C@H](C)CCC[C@@H]1NC(=O)[C@@H]1N(C[C@@H]2CCCO2)C(=O)[C@H]2[C@@H](C(=O)Nc3cccc(Cl)c3)[C@H]3C=C[C@@]12O3. The molecule has 9 heteroatoms. The highest BCUT2D eigenvalue weighted by molar-refractivity contribution is 6.30. The van der Waals surface area contributed by atoms with Gasteiger partial charge in [-0.1, -0.05) is 56.5 Å². The van der Waals surface area contributed by atoms with Crippen LogP contribution in [0, 0.1) is 23.7 Å². The maximum atomic E-state index is 14.1. The first-order chi connectivity index (χ1) is 18.3. The lowest BCUT2D eigenvalue weighted by atomic mass is 9.73. The van der Waals surface area contributed by atoms with E-state index in [-0.39, 0.29) is 29.9 Å². The van der Waals surface area contributed by atoms with Crippen LogP contribution in [-0.4, -0.2) is 65.7 Å². The molecule has 0 unspecified atom stereocenters. The second kappa shape index (κ2) is 9.96. The molecule has 1 aromatic carbocycles. The molecule has 4 fully saturated rings. The number of anilines is 1. The zero-order chi connectivity index (χ0) is 26.6. The Morgan fingerprint density at radius 3 is 2.76 bits per heavy atom. The van der Waals surface area contributed by atoms with Crippen molar-refractivity contribution < 1.29 is 23.9 Å². The Balaban J connectivity index is 1.30. The van der Waals surface area contributed by atoms with Crippen LogP contribution in [0.5, 0.6) is 0 Å². The lowest BCUT2D eigenvalue weighted by molar-refractivity contribution is -0.143. The number of fused-ring (bicyclic) bond motifs is 1. The standard InChI is InChI=1S/C29H36ClN3O5/c1-16-6-3-10-21(17(16)2)32-27(35)25-29-12-11-22(38-29)23(26(34)31-19-8-4-7-18(30)14-19)24(29)28(36)33(25)15-20-9-5-13-37-20/h4,7-8,11-12,14,16-17,20-25H,3,5-6,9-10,13,15H2,1-2H3,(H,31,34)(H,32,35)/t16-,17-,20+,21+,22-,23+,24-,25+,29+/m1/s1. The van der Waals surface area contributed by atoms with Crippen molar-refractivity contribution in [3.63, 3.8) is 0 Å². The third kappa shape index (κ3) is 4.25. The highest BCUT2D eigenvalue weighted by Crippen LogP contribution is 2.55. The van der Waals surface area contributed by atoms with E-state index in [2.05, 4.69) is 24.5 Å². The van der Waals surface area contributed by atoms with E-state index in [1.807, 2.05) is 12.2 Å². The van der Waals surface area contributed by atoms with Crippen LogP contribution in [0.1, 0.15) is 46.0 Å². The van der Waals surface area contributed by atoms with E-state index in [1.165, 1.54) is 0 Å². The molecule has 1 aromatic rings. The zero-order valence-corrected chi connectivity index (χ0v) is 22.7. The first kappa shape index (κ1) is 25.8. The Kier molecular flexibility index (Phi) is 6.77. The van der Waals surface area contributed by atoms with Gasteiger partial charge in [0.2, 0.25) is 17.7 Å². The number of ether oxygens (including phenoxy) is 2. The molecule has 204 valence electrons. The summed E-state index contributed by atoms with van der Waals surface area (Å²) in [4.78, 5) is 43.3. The number of carbonyl (C=O) groups is 3. The zero-order valence-electron chi connectivity index (χ0n) is 21.9. The maximum absolute atomic E-state index is 14.1. The number of benzene rings is 1. The highest BCUT2D eigenvalue weighted by Gasteiger charge is 2.73. The summed E-state index contributed by atoms with van der Waals surface area (Å²) in [6, 6.07) is 6.11. The molecule has 1 spiro atoms. The van der Waals surface area contributed by atoms with Gasteiger partial charge in [-0.05, 0) is 49.3 Å². The number of rotatable bonds is 6. The van der Waals surface area contributed by atoms with Gasteiger partial charge in [0.15, 0.2) is 0 Å². The minimum atomic E-state index is -1.18. The van der Waals surface area contributed by atoms with Gasteiger partial charge < -0.3 is 25.0 Å². The van der Waals surface area contributed by atoms with Crippen LogP contribution in [-0.2, 0) is 23.9 Å². The summed E-state index contributed by atoms with van der Waals surface area (Å²) in [5.74, 6) is -1.39. The molecule has 5 aliphatic rings. The summed E-state index contributed by atoms with van der Waals surface area (Å²) >= 11 is 6.11.